The molecule has 2 rings (SSSR count). The molecule has 2 fully saturated rings. The Morgan fingerprint density at radius 3 is 2.83 bits per heavy atom. The Morgan fingerprint density at radius 1 is 1.39 bits per heavy atom. The summed E-state index contributed by atoms with van der Waals surface area (Å²) in [6, 6.07) is 0. The Balaban J connectivity index is 1.68. The second kappa shape index (κ2) is 7.09. The van der Waals surface area contributed by atoms with Gasteiger partial charge in [-0.05, 0) is 24.8 Å². The van der Waals surface area contributed by atoms with E-state index in [4.69, 9.17) is 16.3 Å². The van der Waals surface area contributed by atoms with Crippen LogP contribution >= 0.6 is 11.6 Å². The molecule has 0 bridgehead atoms. The number of hydrogen-bond acceptors (Lipinski definition) is 3. The first kappa shape index (κ1) is 14.6. The lowest BCUT2D eigenvalue weighted by molar-refractivity contribution is -0.0260. The molecule has 0 aromatic heterocycles. The van der Waals surface area contributed by atoms with Crippen molar-refractivity contribution in [3.63, 3.8) is 0 Å². The fraction of sp³-hybridized carbons (Fsp3) is 1.00. The Morgan fingerprint density at radius 2 is 2.17 bits per heavy atom. The lowest BCUT2D eigenvalue weighted by Gasteiger charge is -2.33. The topological polar surface area (TPSA) is 24.5 Å². The van der Waals surface area contributed by atoms with Crippen molar-refractivity contribution in [1.29, 1.82) is 0 Å². The van der Waals surface area contributed by atoms with Crippen LogP contribution in [0.4, 0.5) is 0 Å². The van der Waals surface area contributed by atoms with Crippen molar-refractivity contribution in [2.45, 2.75) is 38.7 Å². The van der Waals surface area contributed by atoms with E-state index >= 15 is 0 Å². The predicted molar refractivity (Wildman–Crippen MR) is 76.3 cm³/mol. The van der Waals surface area contributed by atoms with Gasteiger partial charge in [0.1, 0.15) is 0 Å². The average molecular weight is 275 g/mol. The first-order valence-electron chi connectivity index (χ1n) is 7.39. The van der Waals surface area contributed by atoms with Gasteiger partial charge in [0.25, 0.3) is 0 Å². The zero-order valence-corrected chi connectivity index (χ0v) is 12.3. The molecule has 4 heteroatoms. The average Bonchev–Trinajstić information content (AvgIpc) is 2.88. The third-order valence-corrected chi connectivity index (χ3v) is 5.06. The van der Waals surface area contributed by atoms with E-state index in [9.17, 15) is 0 Å². The second-order valence-electron chi connectivity index (χ2n) is 5.86. The van der Waals surface area contributed by atoms with Crippen molar-refractivity contribution in [2.24, 2.45) is 5.41 Å². The number of hydrogen-bond donors (Lipinski definition) is 1. The number of halogens is 1. The quantitative estimate of drug-likeness (QED) is 0.751. The first-order chi connectivity index (χ1) is 8.78. The Hall–Kier alpha value is 0.170. The molecule has 18 heavy (non-hydrogen) atoms. The number of alkyl halides is 1. The SMILES string of the molecule is CCN1CCOC(CNCC2(CCl)CCCC2)C1. The van der Waals surface area contributed by atoms with Gasteiger partial charge in [0.05, 0.1) is 12.7 Å². The summed E-state index contributed by atoms with van der Waals surface area (Å²) in [5.41, 5.74) is 0.362. The number of nitrogens with zero attached hydrogens (tertiary/aromatic N) is 1. The maximum Gasteiger partial charge on any atom is 0.0826 e. The van der Waals surface area contributed by atoms with Crippen LogP contribution in [0.1, 0.15) is 32.6 Å². The molecule has 1 aliphatic carbocycles. The van der Waals surface area contributed by atoms with Gasteiger partial charge in [0.15, 0.2) is 0 Å². The van der Waals surface area contributed by atoms with Crippen LogP contribution in [0.3, 0.4) is 0 Å². The van der Waals surface area contributed by atoms with Gasteiger partial charge in [0.2, 0.25) is 0 Å². The normalized spacial score (nSPS) is 28.7. The van der Waals surface area contributed by atoms with Crippen LogP contribution in [0.5, 0.6) is 0 Å². The van der Waals surface area contributed by atoms with Crippen LogP contribution in [-0.2, 0) is 4.74 Å². The largest absolute Gasteiger partial charge is 0.374 e. The van der Waals surface area contributed by atoms with Crippen LogP contribution in [0.15, 0.2) is 0 Å². The van der Waals surface area contributed by atoms with E-state index in [-0.39, 0.29) is 0 Å². The Labute approximate surface area is 116 Å². The van der Waals surface area contributed by atoms with Gasteiger partial charge in [-0.1, -0.05) is 19.8 Å². The Kier molecular flexibility index (Phi) is 5.74. The molecule has 1 saturated carbocycles. The van der Waals surface area contributed by atoms with Gasteiger partial charge >= 0.3 is 0 Å². The van der Waals surface area contributed by atoms with Gasteiger partial charge < -0.3 is 10.1 Å². The van der Waals surface area contributed by atoms with E-state index in [0.717, 1.165) is 45.2 Å². The van der Waals surface area contributed by atoms with Crippen molar-refractivity contribution in [3.05, 3.63) is 0 Å². The molecule has 3 nitrogen and oxygen atoms in total. The zero-order chi connectivity index (χ0) is 12.8. The van der Waals surface area contributed by atoms with Crippen LogP contribution in [-0.4, -0.2) is 56.2 Å². The molecule has 0 radical (unpaired) electrons. The highest BCUT2D eigenvalue weighted by atomic mass is 35.5. The standard InChI is InChI=1S/C14H27ClN2O/c1-2-17-7-8-18-13(10-17)9-16-12-14(11-15)5-3-4-6-14/h13,16H,2-12H2,1H3. The highest BCUT2D eigenvalue weighted by Gasteiger charge is 2.32. The van der Waals surface area contributed by atoms with Crippen LogP contribution in [0.2, 0.25) is 0 Å². The maximum absolute atomic E-state index is 6.15. The molecule has 1 aliphatic heterocycles. The Bertz CT molecular complexity index is 244. The molecule has 1 N–H and O–H groups in total. The highest BCUT2D eigenvalue weighted by molar-refractivity contribution is 6.18. The van der Waals surface area contributed by atoms with Crippen molar-refractivity contribution in [2.75, 3.05) is 45.2 Å². The van der Waals surface area contributed by atoms with E-state index < -0.39 is 0 Å². The van der Waals surface area contributed by atoms with Crippen molar-refractivity contribution in [1.82, 2.24) is 10.2 Å². The second-order valence-corrected chi connectivity index (χ2v) is 6.12. The minimum absolute atomic E-state index is 0.354. The van der Waals surface area contributed by atoms with Crippen LogP contribution in [0, 0.1) is 5.41 Å². The summed E-state index contributed by atoms with van der Waals surface area (Å²) < 4.78 is 5.80. The minimum Gasteiger partial charge on any atom is -0.374 e. The lowest BCUT2D eigenvalue weighted by atomic mass is 9.88. The summed E-state index contributed by atoms with van der Waals surface area (Å²) in [7, 11) is 0. The van der Waals surface area contributed by atoms with Crippen LogP contribution in [0.25, 0.3) is 0 Å². The maximum atomic E-state index is 6.15. The zero-order valence-electron chi connectivity index (χ0n) is 11.6. The smallest absolute Gasteiger partial charge is 0.0826 e. The molecule has 106 valence electrons. The number of likely N-dealkylation sites (N-methyl/N-ethyl adjacent to an activating group) is 1. The summed E-state index contributed by atoms with van der Waals surface area (Å²) in [5.74, 6) is 0.798. The molecule has 1 unspecified atom stereocenters. The molecular formula is C14H27ClN2O. The van der Waals surface area contributed by atoms with Gasteiger partial charge in [-0.3, -0.25) is 4.90 Å². The van der Waals surface area contributed by atoms with E-state index in [0.29, 0.717) is 11.5 Å². The number of ether oxygens (including phenoxy) is 1. The number of morpholine rings is 1. The summed E-state index contributed by atoms with van der Waals surface area (Å²) in [4.78, 5) is 2.46. The van der Waals surface area contributed by atoms with Crippen molar-refractivity contribution in [3.8, 4) is 0 Å². The van der Waals surface area contributed by atoms with E-state index in [1.165, 1.54) is 25.7 Å². The van der Waals surface area contributed by atoms with Gasteiger partial charge in [0, 0.05) is 32.1 Å². The molecule has 0 aromatic carbocycles. The van der Waals surface area contributed by atoms with Crippen molar-refractivity contribution >= 4 is 11.6 Å². The molecule has 0 amide bonds. The lowest BCUT2D eigenvalue weighted by Crippen LogP contribution is -2.47. The summed E-state index contributed by atoms with van der Waals surface area (Å²) >= 11 is 6.15. The molecule has 1 saturated heterocycles. The summed E-state index contributed by atoms with van der Waals surface area (Å²) in [6.45, 7) is 8.40. The van der Waals surface area contributed by atoms with Crippen molar-refractivity contribution < 1.29 is 4.74 Å². The molecule has 0 spiro atoms. The van der Waals surface area contributed by atoms with Gasteiger partial charge in [-0.15, -0.1) is 11.6 Å². The summed E-state index contributed by atoms with van der Waals surface area (Å²) in [5, 5.41) is 3.60. The fourth-order valence-corrected chi connectivity index (χ4v) is 3.53. The molecule has 1 atom stereocenters. The fourth-order valence-electron chi connectivity index (χ4n) is 3.17. The third-order valence-electron chi connectivity index (χ3n) is 4.49. The molecule has 0 aromatic rings. The number of nitrogens with one attached hydrogen (secondary N) is 1. The van der Waals surface area contributed by atoms with E-state index in [2.05, 4.69) is 17.1 Å². The van der Waals surface area contributed by atoms with E-state index in [1.807, 2.05) is 0 Å². The van der Waals surface area contributed by atoms with E-state index in [1.54, 1.807) is 0 Å². The van der Waals surface area contributed by atoms with Gasteiger partial charge in [-0.25, -0.2) is 0 Å². The van der Waals surface area contributed by atoms with Gasteiger partial charge in [-0.2, -0.15) is 0 Å². The monoisotopic (exact) mass is 274 g/mol. The predicted octanol–water partition coefficient (Wildman–Crippen LogP) is 2.10. The number of rotatable bonds is 6. The minimum atomic E-state index is 0.354. The molecule has 2 aliphatic rings. The first-order valence-corrected chi connectivity index (χ1v) is 7.92. The highest BCUT2D eigenvalue weighted by Crippen LogP contribution is 2.38. The summed E-state index contributed by atoms with van der Waals surface area (Å²) in [6.07, 6.45) is 5.62. The third kappa shape index (κ3) is 3.83. The molecular weight excluding hydrogens is 248 g/mol. The van der Waals surface area contributed by atoms with Crippen LogP contribution < -0.4 is 5.32 Å². The molecule has 1 heterocycles.